The van der Waals surface area contributed by atoms with Crippen molar-refractivity contribution in [3.05, 3.63) is 52.5 Å². The number of hydrogen-bond donors (Lipinski definition) is 1. The van der Waals surface area contributed by atoms with Crippen LogP contribution in [0.25, 0.3) is 0 Å². The molecule has 2 aromatic carbocycles. The highest BCUT2D eigenvalue weighted by Gasteiger charge is 2.14. The average molecular weight is 349 g/mol. The lowest BCUT2D eigenvalue weighted by Crippen LogP contribution is -2.28. The fourth-order valence-electron chi connectivity index (χ4n) is 2.00. The number of ether oxygens (including phenoxy) is 1. The van der Waals surface area contributed by atoms with Gasteiger partial charge in [0.1, 0.15) is 5.75 Å². The summed E-state index contributed by atoms with van der Waals surface area (Å²) in [6, 6.07) is 12.9. The lowest BCUT2D eigenvalue weighted by molar-refractivity contribution is -0.117. The number of nitrogens with zero attached hydrogens (tertiary/aromatic N) is 1. The van der Waals surface area contributed by atoms with Gasteiger partial charge in [-0.25, -0.2) is 0 Å². The molecule has 5 heteroatoms. The Morgan fingerprint density at radius 2 is 1.90 bits per heavy atom. The van der Waals surface area contributed by atoms with Crippen LogP contribution in [0.5, 0.6) is 5.75 Å². The Kier molecular flexibility index (Phi) is 4.85. The largest absolute Gasteiger partial charge is 0.497 e. The summed E-state index contributed by atoms with van der Waals surface area (Å²) in [4.78, 5) is 13.9. The lowest BCUT2D eigenvalue weighted by atomic mass is 10.1. The second kappa shape index (κ2) is 6.63. The smallest absolute Gasteiger partial charge is 0.231 e. The fourth-order valence-corrected chi connectivity index (χ4v) is 2.38. The van der Waals surface area contributed by atoms with E-state index in [1.165, 1.54) is 0 Å². The van der Waals surface area contributed by atoms with Crippen LogP contribution in [0.3, 0.4) is 0 Å². The maximum Gasteiger partial charge on any atom is 0.231 e. The molecule has 0 saturated heterocycles. The van der Waals surface area contributed by atoms with Crippen molar-refractivity contribution in [1.29, 1.82) is 0 Å². The van der Waals surface area contributed by atoms with E-state index in [2.05, 4.69) is 15.9 Å². The van der Waals surface area contributed by atoms with Gasteiger partial charge < -0.3 is 15.4 Å². The number of nitrogen functional groups attached to an aromatic ring is 1. The number of hydrogen-bond acceptors (Lipinski definition) is 3. The highest BCUT2D eigenvalue weighted by molar-refractivity contribution is 9.10. The monoisotopic (exact) mass is 348 g/mol. The summed E-state index contributed by atoms with van der Waals surface area (Å²) in [5, 5.41) is 0. The number of anilines is 2. The molecule has 0 atom stereocenters. The Bertz CT molecular complexity index is 641. The number of benzene rings is 2. The molecule has 0 aromatic heterocycles. The van der Waals surface area contributed by atoms with Gasteiger partial charge in [-0.05, 0) is 35.9 Å². The zero-order chi connectivity index (χ0) is 15.4. The summed E-state index contributed by atoms with van der Waals surface area (Å²) in [6.45, 7) is 0. The quantitative estimate of drug-likeness (QED) is 0.863. The minimum atomic E-state index is -0.0193. The SMILES string of the molecule is COc1ccc(CC(=O)N(C)c2ccc(Br)cc2N)cc1. The zero-order valence-corrected chi connectivity index (χ0v) is 13.6. The Hall–Kier alpha value is -2.01. The van der Waals surface area contributed by atoms with Crippen molar-refractivity contribution in [3.63, 3.8) is 0 Å². The van der Waals surface area contributed by atoms with Crippen LogP contribution >= 0.6 is 15.9 Å². The van der Waals surface area contributed by atoms with Crippen molar-refractivity contribution in [3.8, 4) is 5.75 Å². The second-order valence-electron chi connectivity index (χ2n) is 4.68. The van der Waals surface area contributed by atoms with Crippen LogP contribution in [0.1, 0.15) is 5.56 Å². The van der Waals surface area contributed by atoms with Crippen molar-refractivity contribution in [1.82, 2.24) is 0 Å². The molecule has 0 bridgehead atoms. The van der Waals surface area contributed by atoms with Crippen molar-refractivity contribution >= 4 is 33.2 Å². The molecule has 0 heterocycles. The van der Waals surface area contributed by atoms with Crippen LogP contribution in [0, 0.1) is 0 Å². The van der Waals surface area contributed by atoms with Gasteiger partial charge in [0.15, 0.2) is 0 Å². The molecule has 1 amide bonds. The normalized spacial score (nSPS) is 10.2. The minimum absolute atomic E-state index is 0.0193. The maximum atomic E-state index is 12.3. The molecule has 110 valence electrons. The minimum Gasteiger partial charge on any atom is -0.497 e. The van der Waals surface area contributed by atoms with E-state index in [-0.39, 0.29) is 5.91 Å². The third-order valence-corrected chi connectivity index (χ3v) is 3.73. The molecule has 0 aliphatic heterocycles. The number of amides is 1. The topological polar surface area (TPSA) is 55.6 Å². The number of halogens is 1. The molecule has 0 saturated carbocycles. The second-order valence-corrected chi connectivity index (χ2v) is 5.60. The van der Waals surface area contributed by atoms with Crippen LogP contribution < -0.4 is 15.4 Å². The van der Waals surface area contributed by atoms with Gasteiger partial charge in [-0.3, -0.25) is 4.79 Å². The number of carbonyl (C=O) groups excluding carboxylic acids is 1. The number of methoxy groups -OCH3 is 1. The van der Waals surface area contributed by atoms with Crippen molar-refractivity contribution < 1.29 is 9.53 Å². The van der Waals surface area contributed by atoms with E-state index in [0.29, 0.717) is 17.8 Å². The Morgan fingerprint density at radius 1 is 1.24 bits per heavy atom. The molecule has 0 aliphatic carbocycles. The van der Waals surface area contributed by atoms with Crippen molar-refractivity contribution in [2.45, 2.75) is 6.42 Å². The number of rotatable bonds is 4. The molecule has 0 aliphatic rings. The van der Waals surface area contributed by atoms with E-state index in [4.69, 9.17) is 10.5 Å². The first-order valence-corrected chi connectivity index (χ1v) is 7.25. The summed E-state index contributed by atoms with van der Waals surface area (Å²) < 4.78 is 5.99. The standard InChI is InChI=1S/C16H17BrN2O2/c1-19(15-8-5-12(17)10-14(15)18)16(20)9-11-3-6-13(21-2)7-4-11/h3-8,10H,9,18H2,1-2H3. The number of nitrogens with two attached hydrogens (primary N) is 1. The van der Waals surface area contributed by atoms with Gasteiger partial charge >= 0.3 is 0 Å². The summed E-state index contributed by atoms with van der Waals surface area (Å²) in [5.41, 5.74) is 8.15. The van der Waals surface area contributed by atoms with Gasteiger partial charge in [-0.2, -0.15) is 0 Å². The third kappa shape index (κ3) is 3.76. The molecule has 2 aromatic rings. The number of likely N-dealkylation sites (N-methyl/N-ethyl adjacent to an activating group) is 1. The molecule has 0 unspecified atom stereocenters. The van der Waals surface area contributed by atoms with Gasteiger partial charge in [-0.15, -0.1) is 0 Å². The van der Waals surface area contributed by atoms with E-state index in [1.807, 2.05) is 36.4 Å². The molecular weight excluding hydrogens is 332 g/mol. The predicted octanol–water partition coefficient (Wildman–Crippen LogP) is 3.25. The van der Waals surface area contributed by atoms with E-state index < -0.39 is 0 Å². The molecule has 0 radical (unpaired) electrons. The van der Waals surface area contributed by atoms with E-state index in [9.17, 15) is 4.79 Å². The fraction of sp³-hybridized carbons (Fsp3) is 0.188. The highest BCUT2D eigenvalue weighted by atomic mass is 79.9. The van der Waals surface area contributed by atoms with Gasteiger partial charge in [0.2, 0.25) is 5.91 Å². The first-order valence-electron chi connectivity index (χ1n) is 6.46. The molecule has 0 fully saturated rings. The van der Waals surface area contributed by atoms with Gasteiger partial charge in [-0.1, -0.05) is 28.1 Å². The molecule has 2 rings (SSSR count). The third-order valence-electron chi connectivity index (χ3n) is 3.24. The molecule has 21 heavy (non-hydrogen) atoms. The van der Waals surface area contributed by atoms with Crippen LogP contribution in [-0.4, -0.2) is 20.1 Å². The van der Waals surface area contributed by atoms with Crippen LogP contribution in [0.15, 0.2) is 46.9 Å². The summed E-state index contributed by atoms with van der Waals surface area (Å²) in [5.74, 6) is 0.755. The highest BCUT2D eigenvalue weighted by Crippen LogP contribution is 2.26. The van der Waals surface area contributed by atoms with E-state index in [1.54, 1.807) is 25.1 Å². The summed E-state index contributed by atoms with van der Waals surface area (Å²) in [6.07, 6.45) is 0.315. The Labute approximate surface area is 132 Å². The van der Waals surface area contributed by atoms with Crippen LogP contribution in [0.4, 0.5) is 11.4 Å². The Balaban J connectivity index is 2.11. The lowest BCUT2D eigenvalue weighted by Gasteiger charge is -2.19. The average Bonchev–Trinajstić information content (AvgIpc) is 2.47. The predicted molar refractivity (Wildman–Crippen MR) is 88.7 cm³/mol. The first kappa shape index (κ1) is 15.4. The van der Waals surface area contributed by atoms with E-state index in [0.717, 1.165) is 15.8 Å². The summed E-state index contributed by atoms with van der Waals surface area (Å²) >= 11 is 3.35. The van der Waals surface area contributed by atoms with Crippen LogP contribution in [0.2, 0.25) is 0 Å². The molecule has 4 nitrogen and oxygen atoms in total. The van der Waals surface area contributed by atoms with Gasteiger partial charge in [0.25, 0.3) is 0 Å². The van der Waals surface area contributed by atoms with Crippen molar-refractivity contribution in [2.75, 3.05) is 24.8 Å². The summed E-state index contributed by atoms with van der Waals surface area (Å²) in [7, 11) is 3.34. The van der Waals surface area contributed by atoms with E-state index >= 15 is 0 Å². The molecule has 2 N–H and O–H groups in total. The molecule has 0 spiro atoms. The number of carbonyl (C=O) groups is 1. The van der Waals surface area contributed by atoms with Crippen molar-refractivity contribution in [2.24, 2.45) is 0 Å². The Morgan fingerprint density at radius 3 is 2.48 bits per heavy atom. The van der Waals surface area contributed by atoms with Crippen LogP contribution in [-0.2, 0) is 11.2 Å². The first-order chi connectivity index (χ1) is 10.0. The van der Waals surface area contributed by atoms with Gasteiger partial charge in [0, 0.05) is 11.5 Å². The maximum absolute atomic E-state index is 12.3. The zero-order valence-electron chi connectivity index (χ0n) is 12.0. The molecular formula is C16H17BrN2O2. The van der Waals surface area contributed by atoms with Gasteiger partial charge in [0.05, 0.1) is 24.9 Å².